The van der Waals surface area contributed by atoms with Crippen molar-refractivity contribution in [1.82, 2.24) is 19.5 Å². The summed E-state index contributed by atoms with van der Waals surface area (Å²) in [5.41, 5.74) is 3.29. The number of rotatable bonds is 5. The topological polar surface area (TPSA) is 126 Å². The van der Waals surface area contributed by atoms with Gasteiger partial charge in [-0.05, 0) is 19.4 Å². The molecule has 3 aromatic rings. The van der Waals surface area contributed by atoms with Gasteiger partial charge in [-0.15, -0.1) is 0 Å². The summed E-state index contributed by atoms with van der Waals surface area (Å²) >= 11 is 0. The van der Waals surface area contributed by atoms with Crippen LogP contribution in [0.15, 0.2) is 36.9 Å². The predicted molar refractivity (Wildman–Crippen MR) is 102 cm³/mol. The van der Waals surface area contributed by atoms with Crippen molar-refractivity contribution in [3.63, 3.8) is 0 Å². The van der Waals surface area contributed by atoms with E-state index < -0.39 is 31.1 Å². The average Bonchev–Trinajstić information content (AvgIpc) is 3.24. The lowest BCUT2D eigenvalue weighted by molar-refractivity contribution is -0.0511. The molecule has 1 aliphatic heterocycles. The summed E-state index contributed by atoms with van der Waals surface area (Å²) in [7, 11) is 0. The van der Waals surface area contributed by atoms with Gasteiger partial charge in [-0.3, -0.25) is 4.57 Å². The standard InChI is InChI=1S/C19H23N5O4/c1-10-3-5-12(6-4-10)11(2)23-17-14-18(21-8-20-17)24(9-22-14)19-16(27)15(26)13(7-25)28-19/h3-6,8-9,11,13,15-16,19,25-27H,7H2,1-2H3,(H,20,21,23)/t11-,13-,15?,16?,19-/m1/s1. The molecule has 2 aromatic heterocycles. The molecule has 1 saturated heterocycles. The minimum Gasteiger partial charge on any atom is -0.394 e. The summed E-state index contributed by atoms with van der Waals surface area (Å²) in [6.07, 6.45) is -1.25. The number of aryl methyl sites for hydroxylation is 1. The zero-order chi connectivity index (χ0) is 19.8. The number of anilines is 1. The van der Waals surface area contributed by atoms with E-state index in [0.717, 1.165) is 5.56 Å². The Morgan fingerprint density at radius 2 is 1.89 bits per heavy atom. The Morgan fingerprint density at radius 3 is 2.57 bits per heavy atom. The van der Waals surface area contributed by atoms with Crippen LogP contribution in [0.2, 0.25) is 0 Å². The van der Waals surface area contributed by atoms with Crippen LogP contribution in [0.1, 0.15) is 30.3 Å². The number of aliphatic hydroxyl groups is 3. The van der Waals surface area contributed by atoms with Gasteiger partial charge in [0.25, 0.3) is 0 Å². The van der Waals surface area contributed by atoms with E-state index in [0.29, 0.717) is 17.0 Å². The smallest absolute Gasteiger partial charge is 0.167 e. The Kier molecular flexibility index (Phi) is 4.98. The van der Waals surface area contributed by atoms with Crippen molar-refractivity contribution in [1.29, 1.82) is 0 Å². The van der Waals surface area contributed by atoms with Gasteiger partial charge in [0.15, 0.2) is 23.2 Å². The van der Waals surface area contributed by atoms with Gasteiger partial charge in [0.05, 0.1) is 19.0 Å². The van der Waals surface area contributed by atoms with E-state index in [-0.39, 0.29) is 6.04 Å². The molecule has 3 heterocycles. The van der Waals surface area contributed by atoms with Gasteiger partial charge in [-0.2, -0.15) is 0 Å². The molecule has 0 bridgehead atoms. The van der Waals surface area contributed by atoms with Gasteiger partial charge in [0, 0.05) is 0 Å². The first kappa shape index (κ1) is 18.8. The van der Waals surface area contributed by atoms with E-state index in [2.05, 4.69) is 44.5 Å². The fraction of sp³-hybridized carbons (Fsp3) is 0.421. The third-order valence-corrected chi connectivity index (χ3v) is 5.08. The first-order chi connectivity index (χ1) is 13.5. The molecular formula is C19H23N5O4. The van der Waals surface area contributed by atoms with Crippen molar-refractivity contribution in [3.05, 3.63) is 48.0 Å². The van der Waals surface area contributed by atoms with Crippen LogP contribution in [0.3, 0.4) is 0 Å². The summed E-state index contributed by atoms with van der Waals surface area (Å²) in [5.74, 6) is 0.559. The number of hydrogen-bond acceptors (Lipinski definition) is 8. The second-order valence-electron chi connectivity index (χ2n) is 7.05. The van der Waals surface area contributed by atoms with Crippen molar-refractivity contribution < 1.29 is 20.1 Å². The van der Waals surface area contributed by atoms with E-state index in [1.807, 2.05) is 13.8 Å². The highest BCUT2D eigenvalue weighted by Crippen LogP contribution is 2.32. The highest BCUT2D eigenvalue weighted by molar-refractivity contribution is 5.82. The lowest BCUT2D eigenvalue weighted by atomic mass is 10.1. The molecule has 0 aliphatic carbocycles. The third kappa shape index (κ3) is 3.22. The molecule has 1 fully saturated rings. The number of imidazole rings is 1. The SMILES string of the molecule is Cc1ccc([C@@H](C)Nc2ncnc3c2ncn3[C@@H]2O[C@H](CO)C(O)C2O)cc1. The number of benzene rings is 1. The van der Waals surface area contributed by atoms with Crippen molar-refractivity contribution >= 4 is 17.0 Å². The Labute approximate surface area is 161 Å². The maximum atomic E-state index is 10.3. The molecule has 9 heteroatoms. The van der Waals surface area contributed by atoms with Gasteiger partial charge < -0.3 is 25.4 Å². The van der Waals surface area contributed by atoms with E-state index in [1.165, 1.54) is 18.2 Å². The Balaban J connectivity index is 1.63. The number of nitrogens with zero attached hydrogens (tertiary/aromatic N) is 4. The number of fused-ring (bicyclic) bond motifs is 1. The van der Waals surface area contributed by atoms with Crippen LogP contribution < -0.4 is 5.32 Å². The number of hydrogen-bond donors (Lipinski definition) is 4. The minimum absolute atomic E-state index is 0.00207. The molecule has 5 atom stereocenters. The maximum Gasteiger partial charge on any atom is 0.167 e. The molecule has 4 rings (SSSR count). The van der Waals surface area contributed by atoms with Crippen LogP contribution in [-0.4, -0.2) is 59.8 Å². The van der Waals surface area contributed by atoms with E-state index in [1.54, 1.807) is 4.57 Å². The van der Waals surface area contributed by atoms with Crippen LogP contribution in [0.4, 0.5) is 5.82 Å². The largest absolute Gasteiger partial charge is 0.394 e. The highest BCUT2D eigenvalue weighted by Gasteiger charge is 2.44. The fourth-order valence-corrected chi connectivity index (χ4v) is 3.40. The lowest BCUT2D eigenvalue weighted by Crippen LogP contribution is -2.33. The molecule has 4 N–H and O–H groups in total. The highest BCUT2D eigenvalue weighted by atomic mass is 16.6. The van der Waals surface area contributed by atoms with Gasteiger partial charge in [0.2, 0.25) is 0 Å². The second kappa shape index (κ2) is 7.44. The van der Waals surface area contributed by atoms with Crippen molar-refractivity contribution in [2.24, 2.45) is 0 Å². The normalized spacial score (nSPS) is 25.9. The number of ether oxygens (including phenoxy) is 1. The Morgan fingerprint density at radius 1 is 1.14 bits per heavy atom. The molecule has 0 amide bonds. The lowest BCUT2D eigenvalue weighted by Gasteiger charge is -2.17. The van der Waals surface area contributed by atoms with Crippen LogP contribution in [0.5, 0.6) is 0 Å². The van der Waals surface area contributed by atoms with Crippen molar-refractivity contribution in [2.75, 3.05) is 11.9 Å². The van der Waals surface area contributed by atoms with E-state index >= 15 is 0 Å². The van der Waals surface area contributed by atoms with Gasteiger partial charge in [-0.25, -0.2) is 15.0 Å². The summed E-state index contributed by atoms with van der Waals surface area (Å²) < 4.78 is 7.13. The Hall–Kier alpha value is -2.59. The van der Waals surface area contributed by atoms with Crippen molar-refractivity contribution in [3.8, 4) is 0 Å². The summed E-state index contributed by atoms with van der Waals surface area (Å²) in [5, 5.41) is 32.9. The van der Waals surface area contributed by atoms with E-state index in [4.69, 9.17) is 4.74 Å². The van der Waals surface area contributed by atoms with Gasteiger partial charge in [0.1, 0.15) is 24.6 Å². The Bertz CT molecular complexity index is 961. The number of aliphatic hydroxyl groups excluding tert-OH is 3. The molecule has 2 unspecified atom stereocenters. The quantitative estimate of drug-likeness (QED) is 0.511. The molecule has 1 aliphatic rings. The molecule has 28 heavy (non-hydrogen) atoms. The molecular weight excluding hydrogens is 362 g/mol. The molecule has 0 saturated carbocycles. The van der Waals surface area contributed by atoms with Crippen molar-refractivity contribution in [2.45, 2.75) is 44.4 Å². The number of aromatic nitrogens is 4. The molecule has 0 spiro atoms. The van der Waals surface area contributed by atoms with Crippen LogP contribution in [-0.2, 0) is 4.74 Å². The van der Waals surface area contributed by atoms with Gasteiger partial charge in [-0.1, -0.05) is 29.8 Å². The minimum atomic E-state index is -1.20. The maximum absolute atomic E-state index is 10.3. The second-order valence-corrected chi connectivity index (χ2v) is 7.05. The zero-order valence-electron chi connectivity index (χ0n) is 15.6. The fourth-order valence-electron chi connectivity index (χ4n) is 3.40. The third-order valence-electron chi connectivity index (χ3n) is 5.08. The summed E-state index contributed by atoms with van der Waals surface area (Å²) in [4.78, 5) is 12.9. The monoisotopic (exact) mass is 385 g/mol. The summed E-state index contributed by atoms with van der Waals surface area (Å²) in [6.45, 7) is 3.68. The molecule has 148 valence electrons. The molecule has 9 nitrogen and oxygen atoms in total. The van der Waals surface area contributed by atoms with E-state index in [9.17, 15) is 15.3 Å². The first-order valence-corrected chi connectivity index (χ1v) is 9.12. The van der Waals surface area contributed by atoms with Crippen LogP contribution in [0, 0.1) is 6.92 Å². The number of nitrogens with one attached hydrogen (secondary N) is 1. The average molecular weight is 385 g/mol. The van der Waals surface area contributed by atoms with Crippen LogP contribution in [0.25, 0.3) is 11.2 Å². The summed E-state index contributed by atoms with van der Waals surface area (Å²) in [6, 6.07) is 8.23. The van der Waals surface area contributed by atoms with Gasteiger partial charge >= 0.3 is 0 Å². The molecule has 0 radical (unpaired) electrons. The first-order valence-electron chi connectivity index (χ1n) is 9.12. The van der Waals surface area contributed by atoms with Crippen LogP contribution >= 0.6 is 0 Å². The molecule has 1 aromatic carbocycles. The predicted octanol–water partition coefficient (Wildman–Crippen LogP) is 0.919. The zero-order valence-corrected chi connectivity index (χ0v) is 15.6.